The summed E-state index contributed by atoms with van der Waals surface area (Å²) in [6.07, 6.45) is 0.673. The van der Waals surface area contributed by atoms with Gasteiger partial charge in [0.15, 0.2) is 0 Å². The molecule has 0 radical (unpaired) electrons. The molecule has 2 aliphatic heterocycles. The number of hydrogen-bond acceptors (Lipinski definition) is 5. The largest absolute Gasteiger partial charge is 0.487 e. The SMILES string of the molecule is CCC1C(=O)OC(c2c(C)c(N(C)C)c(C)c3c2OC(C)(C)C3)CC1O. The molecule has 5 heteroatoms. The molecule has 2 heterocycles. The van der Waals surface area contributed by atoms with Crippen LogP contribution in [0.1, 0.15) is 62.0 Å². The number of hydrogen-bond donors (Lipinski definition) is 1. The predicted molar refractivity (Wildman–Crippen MR) is 102 cm³/mol. The first-order chi connectivity index (χ1) is 12.1. The van der Waals surface area contributed by atoms with Crippen molar-refractivity contribution in [3.8, 4) is 5.75 Å². The Bertz CT molecular complexity index is 738. The van der Waals surface area contributed by atoms with Gasteiger partial charge < -0.3 is 19.5 Å². The Labute approximate surface area is 156 Å². The van der Waals surface area contributed by atoms with Gasteiger partial charge in [-0.05, 0) is 45.2 Å². The van der Waals surface area contributed by atoms with Gasteiger partial charge >= 0.3 is 5.97 Å². The van der Waals surface area contributed by atoms with Gasteiger partial charge in [-0.1, -0.05) is 6.92 Å². The second-order valence-electron chi connectivity index (χ2n) is 8.50. The summed E-state index contributed by atoms with van der Waals surface area (Å²) in [5, 5.41) is 10.5. The fraction of sp³-hybridized carbons (Fsp3) is 0.667. The van der Waals surface area contributed by atoms with Gasteiger partial charge in [-0.2, -0.15) is 0 Å². The topological polar surface area (TPSA) is 59.0 Å². The number of nitrogens with zero attached hydrogens (tertiary/aromatic N) is 1. The zero-order chi connectivity index (χ0) is 19.4. The Morgan fingerprint density at radius 3 is 2.42 bits per heavy atom. The van der Waals surface area contributed by atoms with Crippen LogP contribution in [0.25, 0.3) is 0 Å². The van der Waals surface area contributed by atoms with E-state index in [1.165, 1.54) is 11.1 Å². The van der Waals surface area contributed by atoms with E-state index in [-0.39, 0.29) is 11.6 Å². The second-order valence-corrected chi connectivity index (χ2v) is 8.50. The summed E-state index contributed by atoms with van der Waals surface area (Å²) in [6, 6.07) is 0. The van der Waals surface area contributed by atoms with Gasteiger partial charge in [0.25, 0.3) is 0 Å². The number of anilines is 1. The van der Waals surface area contributed by atoms with Gasteiger partial charge in [0.05, 0.1) is 12.0 Å². The maximum Gasteiger partial charge on any atom is 0.312 e. The molecule has 1 aromatic rings. The lowest BCUT2D eigenvalue weighted by molar-refractivity contribution is -0.170. The van der Waals surface area contributed by atoms with Gasteiger partial charge in [-0.15, -0.1) is 0 Å². The molecule has 0 saturated carbocycles. The van der Waals surface area contributed by atoms with Crippen molar-refractivity contribution in [2.45, 2.75) is 71.7 Å². The maximum atomic E-state index is 12.4. The fourth-order valence-electron chi connectivity index (χ4n) is 4.61. The number of aliphatic hydroxyl groups is 1. The summed E-state index contributed by atoms with van der Waals surface area (Å²) in [6.45, 7) is 10.2. The number of benzene rings is 1. The van der Waals surface area contributed by atoms with Crippen LogP contribution in [0.5, 0.6) is 5.75 Å². The van der Waals surface area contributed by atoms with Crippen molar-refractivity contribution in [1.82, 2.24) is 0 Å². The first-order valence-electron chi connectivity index (χ1n) is 9.48. The molecule has 0 aromatic heterocycles. The van der Waals surface area contributed by atoms with Gasteiger partial charge in [0.2, 0.25) is 0 Å². The van der Waals surface area contributed by atoms with Gasteiger partial charge in [-0.25, -0.2) is 0 Å². The Hall–Kier alpha value is -1.75. The van der Waals surface area contributed by atoms with Crippen LogP contribution in [0.4, 0.5) is 5.69 Å². The molecule has 0 bridgehead atoms. The normalized spacial score (nSPS) is 26.9. The zero-order valence-corrected chi connectivity index (χ0v) is 17.0. The number of rotatable bonds is 3. The lowest BCUT2D eigenvalue weighted by Crippen LogP contribution is -2.38. The van der Waals surface area contributed by atoms with Crippen LogP contribution >= 0.6 is 0 Å². The van der Waals surface area contributed by atoms with E-state index in [1.807, 2.05) is 21.0 Å². The molecule has 3 rings (SSSR count). The van der Waals surface area contributed by atoms with E-state index < -0.39 is 18.1 Å². The summed E-state index contributed by atoms with van der Waals surface area (Å²) in [4.78, 5) is 14.5. The summed E-state index contributed by atoms with van der Waals surface area (Å²) >= 11 is 0. The zero-order valence-electron chi connectivity index (χ0n) is 17.0. The molecule has 3 atom stereocenters. The second kappa shape index (κ2) is 6.45. The standard InChI is InChI=1S/C21H31NO4/c1-8-13-15(23)9-16(25-20(13)24)17-12(3)18(22(6)7)11(2)14-10-21(4,5)26-19(14)17/h13,15-16,23H,8-10H2,1-7H3. The molecule has 144 valence electrons. The van der Waals surface area contributed by atoms with Crippen LogP contribution in [0.3, 0.4) is 0 Å². The Balaban J connectivity index is 2.15. The summed E-state index contributed by atoms with van der Waals surface area (Å²) in [7, 11) is 4.06. The smallest absolute Gasteiger partial charge is 0.312 e. The van der Waals surface area contributed by atoms with Crippen molar-refractivity contribution < 1.29 is 19.4 Å². The lowest BCUT2D eigenvalue weighted by atomic mass is 9.85. The van der Waals surface area contributed by atoms with Gasteiger partial charge in [0, 0.05) is 43.8 Å². The van der Waals surface area contributed by atoms with Crippen molar-refractivity contribution in [2.75, 3.05) is 19.0 Å². The number of ether oxygens (including phenoxy) is 2. The summed E-state index contributed by atoms with van der Waals surface area (Å²) in [5.41, 5.74) is 5.23. The van der Waals surface area contributed by atoms with E-state index in [4.69, 9.17) is 9.47 Å². The number of cyclic esters (lactones) is 1. The minimum atomic E-state index is -0.681. The third kappa shape index (κ3) is 2.96. The van der Waals surface area contributed by atoms with E-state index in [9.17, 15) is 9.90 Å². The Morgan fingerprint density at radius 2 is 1.88 bits per heavy atom. The minimum absolute atomic E-state index is 0.289. The van der Waals surface area contributed by atoms with Crippen molar-refractivity contribution in [3.63, 3.8) is 0 Å². The molecule has 1 aromatic carbocycles. The molecule has 0 amide bonds. The predicted octanol–water partition coefficient (Wildman–Crippen LogP) is 3.46. The van der Waals surface area contributed by atoms with Crippen LogP contribution in [0.15, 0.2) is 0 Å². The van der Waals surface area contributed by atoms with Crippen LogP contribution in [0.2, 0.25) is 0 Å². The molecule has 0 aliphatic carbocycles. The number of carbonyl (C=O) groups is 1. The highest BCUT2D eigenvalue weighted by Crippen LogP contribution is 2.50. The highest BCUT2D eigenvalue weighted by molar-refractivity contribution is 5.76. The lowest BCUT2D eigenvalue weighted by Gasteiger charge is -2.34. The molecule has 2 aliphatic rings. The van der Waals surface area contributed by atoms with Crippen molar-refractivity contribution >= 4 is 11.7 Å². The summed E-state index contributed by atoms with van der Waals surface area (Å²) in [5.74, 6) is 0.0971. The molecule has 1 fully saturated rings. The Kier molecular flexibility index (Phi) is 4.72. The van der Waals surface area contributed by atoms with E-state index in [0.717, 1.165) is 29.0 Å². The van der Waals surface area contributed by atoms with Crippen molar-refractivity contribution in [1.29, 1.82) is 0 Å². The number of esters is 1. The van der Waals surface area contributed by atoms with Crippen LogP contribution in [0, 0.1) is 19.8 Å². The molecule has 5 nitrogen and oxygen atoms in total. The fourth-order valence-corrected chi connectivity index (χ4v) is 4.61. The van der Waals surface area contributed by atoms with E-state index >= 15 is 0 Å². The molecule has 1 saturated heterocycles. The van der Waals surface area contributed by atoms with Gasteiger partial charge in [0.1, 0.15) is 17.5 Å². The first kappa shape index (κ1) is 19.0. The third-order valence-electron chi connectivity index (χ3n) is 5.76. The minimum Gasteiger partial charge on any atom is -0.487 e. The molecule has 1 N–H and O–H groups in total. The van der Waals surface area contributed by atoms with Crippen LogP contribution in [-0.2, 0) is 16.0 Å². The molecular formula is C21H31NO4. The molecule has 0 spiro atoms. The average Bonchev–Trinajstić information content (AvgIpc) is 2.82. The molecule has 26 heavy (non-hydrogen) atoms. The Morgan fingerprint density at radius 1 is 1.23 bits per heavy atom. The summed E-state index contributed by atoms with van der Waals surface area (Å²) < 4.78 is 12.1. The highest BCUT2D eigenvalue weighted by Gasteiger charge is 2.42. The number of carbonyl (C=O) groups excluding carboxylic acids is 1. The van der Waals surface area contributed by atoms with E-state index in [1.54, 1.807) is 0 Å². The van der Waals surface area contributed by atoms with E-state index in [2.05, 4.69) is 32.6 Å². The maximum absolute atomic E-state index is 12.4. The first-order valence-corrected chi connectivity index (χ1v) is 9.48. The van der Waals surface area contributed by atoms with Gasteiger partial charge in [-0.3, -0.25) is 4.79 Å². The average molecular weight is 361 g/mol. The van der Waals surface area contributed by atoms with Crippen molar-refractivity contribution in [2.24, 2.45) is 5.92 Å². The van der Waals surface area contributed by atoms with Crippen molar-refractivity contribution in [3.05, 3.63) is 22.3 Å². The number of aliphatic hydroxyl groups excluding tert-OH is 1. The van der Waals surface area contributed by atoms with Crippen LogP contribution in [-0.4, -0.2) is 36.9 Å². The molecular weight excluding hydrogens is 330 g/mol. The van der Waals surface area contributed by atoms with E-state index in [0.29, 0.717) is 12.8 Å². The quantitative estimate of drug-likeness (QED) is 0.836. The number of fused-ring (bicyclic) bond motifs is 1. The third-order valence-corrected chi connectivity index (χ3v) is 5.76. The monoisotopic (exact) mass is 361 g/mol. The molecule has 3 unspecified atom stereocenters. The van der Waals surface area contributed by atoms with Crippen LogP contribution < -0.4 is 9.64 Å². The highest BCUT2D eigenvalue weighted by atomic mass is 16.6.